The summed E-state index contributed by atoms with van der Waals surface area (Å²) in [5, 5.41) is 0. The fraction of sp³-hybridized carbons (Fsp3) is 0.480. The maximum atomic E-state index is 12.2. The van der Waals surface area contributed by atoms with Crippen LogP contribution in [0.1, 0.15) is 36.9 Å². The molecule has 2 fully saturated rings. The number of rotatable bonds is 7. The zero-order valence-corrected chi connectivity index (χ0v) is 18.0. The largest absolute Gasteiger partial charge is 0.492 e. The topological polar surface area (TPSA) is 36.0 Å². The first-order valence-electron chi connectivity index (χ1n) is 11.2. The molecule has 0 bridgehead atoms. The third-order valence-corrected chi connectivity index (χ3v) is 6.28. The number of amides is 1. The van der Waals surface area contributed by atoms with Gasteiger partial charge < -0.3 is 9.64 Å². The Bertz CT molecular complexity index is 820. The van der Waals surface area contributed by atoms with Crippen LogP contribution < -0.4 is 4.74 Å². The fourth-order valence-corrected chi connectivity index (χ4v) is 4.63. The van der Waals surface area contributed by atoms with Crippen molar-refractivity contribution in [3.8, 4) is 5.75 Å². The van der Waals surface area contributed by atoms with E-state index in [1.165, 1.54) is 37.1 Å². The van der Waals surface area contributed by atoms with Crippen LogP contribution in [0.3, 0.4) is 0 Å². The Morgan fingerprint density at radius 3 is 2.43 bits per heavy atom. The molecule has 2 aromatic rings. The Balaban J connectivity index is 1.40. The highest BCUT2D eigenvalue weighted by Gasteiger charge is 2.30. The summed E-state index contributed by atoms with van der Waals surface area (Å²) in [4.78, 5) is 19.1. The minimum absolute atomic E-state index is 0.0979. The van der Waals surface area contributed by atoms with Crippen molar-refractivity contribution in [1.29, 1.82) is 0 Å². The first-order chi connectivity index (χ1) is 14.7. The molecule has 5 heteroatoms. The van der Waals surface area contributed by atoms with Gasteiger partial charge in [0.05, 0.1) is 6.04 Å². The summed E-state index contributed by atoms with van der Waals surface area (Å²) in [5.41, 5.74) is 2.43. The predicted octanol–water partition coefficient (Wildman–Crippen LogP) is 3.57. The van der Waals surface area contributed by atoms with Crippen molar-refractivity contribution >= 4 is 5.91 Å². The molecule has 1 amide bonds. The van der Waals surface area contributed by atoms with E-state index >= 15 is 0 Å². The average molecular weight is 408 g/mol. The molecule has 0 unspecified atom stereocenters. The van der Waals surface area contributed by atoms with Gasteiger partial charge in [0.1, 0.15) is 12.4 Å². The minimum Gasteiger partial charge on any atom is -0.492 e. The summed E-state index contributed by atoms with van der Waals surface area (Å²) in [5.74, 6) is 1.14. The van der Waals surface area contributed by atoms with Gasteiger partial charge in [0.2, 0.25) is 5.91 Å². The molecule has 2 aliphatic rings. The molecule has 0 aromatic heterocycles. The fourth-order valence-electron chi connectivity index (χ4n) is 4.63. The molecule has 0 N–H and O–H groups in total. The number of benzene rings is 2. The van der Waals surface area contributed by atoms with Crippen LogP contribution in [0.15, 0.2) is 54.6 Å². The van der Waals surface area contributed by atoms with Crippen molar-refractivity contribution in [1.82, 2.24) is 14.7 Å². The van der Waals surface area contributed by atoms with Gasteiger partial charge in [-0.15, -0.1) is 0 Å². The van der Waals surface area contributed by atoms with Gasteiger partial charge in [0, 0.05) is 45.2 Å². The smallest absolute Gasteiger partial charge is 0.220 e. The monoisotopic (exact) mass is 407 g/mol. The zero-order chi connectivity index (χ0) is 20.8. The normalized spacial score (nSPS) is 20.4. The average Bonchev–Trinajstić information content (AvgIpc) is 3.29. The van der Waals surface area contributed by atoms with Gasteiger partial charge in [0.15, 0.2) is 0 Å². The van der Waals surface area contributed by atoms with E-state index in [1.54, 1.807) is 6.92 Å². The molecule has 0 radical (unpaired) electrons. The van der Waals surface area contributed by atoms with Crippen molar-refractivity contribution < 1.29 is 9.53 Å². The summed E-state index contributed by atoms with van der Waals surface area (Å²) in [6.45, 7) is 9.13. The van der Waals surface area contributed by atoms with E-state index in [0.717, 1.165) is 45.1 Å². The lowest BCUT2D eigenvalue weighted by molar-refractivity contribution is -0.134. The Kier molecular flexibility index (Phi) is 7.03. The number of piperazine rings is 1. The summed E-state index contributed by atoms with van der Waals surface area (Å²) in [6, 6.07) is 18.9. The Hall–Kier alpha value is -2.37. The van der Waals surface area contributed by atoms with Crippen molar-refractivity contribution in [2.24, 2.45) is 0 Å². The number of para-hydroxylation sites is 1. The number of nitrogens with zero attached hydrogens (tertiary/aromatic N) is 3. The molecule has 160 valence electrons. The second kappa shape index (κ2) is 10.1. The maximum Gasteiger partial charge on any atom is 0.220 e. The second-order valence-corrected chi connectivity index (χ2v) is 8.38. The highest BCUT2D eigenvalue weighted by Crippen LogP contribution is 2.28. The lowest BCUT2D eigenvalue weighted by Gasteiger charge is -2.41. The van der Waals surface area contributed by atoms with Crippen molar-refractivity contribution in [2.45, 2.75) is 32.4 Å². The molecule has 2 aromatic carbocycles. The van der Waals surface area contributed by atoms with Gasteiger partial charge in [-0.3, -0.25) is 14.6 Å². The lowest BCUT2D eigenvalue weighted by Crippen LogP contribution is -2.49. The summed E-state index contributed by atoms with van der Waals surface area (Å²) < 4.78 is 6.18. The van der Waals surface area contributed by atoms with Crippen LogP contribution in [0.2, 0.25) is 0 Å². The van der Waals surface area contributed by atoms with E-state index in [-0.39, 0.29) is 11.9 Å². The van der Waals surface area contributed by atoms with Gasteiger partial charge in [-0.2, -0.15) is 0 Å². The van der Waals surface area contributed by atoms with Gasteiger partial charge in [-0.25, -0.2) is 0 Å². The molecular weight excluding hydrogens is 374 g/mol. The lowest BCUT2D eigenvalue weighted by atomic mass is 10.0. The van der Waals surface area contributed by atoms with Crippen LogP contribution in [-0.4, -0.2) is 66.5 Å². The predicted molar refractivity (Wildman–Crippen MR) is 119 cm³/mol. The van der Waals surface area contributed by atoms with Crippen molar-refractivity contribution in [3.63, 3.8) is 0 Å². The Morgan fingerprint density at radius 2 is 1.67 bits per heavy atom. The highest BCUT2D eigenvalue weighted by atomic mass is 16.5. The first-order valence-corrected chi connectivity index (χ1v) is 11.2. The number of hydrogen-bond donors (Lipinski definition) is 0. The number of ether oxygens (including phenoxy) is 1. The van der Waals surface area contributed by atoms with Crippen LogP contribution in [0.5, 0.6) is 5.75 Å². The molecular formula is C25H33N3O2. The maximum absolute atomic E-state index is 12.2. The Labute approximate surface area is 180 Å². The third-order valence-electron chi connectivity index (χ3n) is 6.28. The van der Waals surface area contributed by atoms with Crippen LogP contribution in [0, 0.1) is 0 Å². The van der Waals surface area contributed by atoms with E-state index < -0.39 is 0 Å². The number of likely N-dealkylation sites (tertiary alicyclic amines) is 1. The molecule has 30 heavy (non-hydrogen) atoms. The summed E-state index contributed by atoms with van der Waals surface area (Å²) in [7, 11) is 0. The number of carbonyl (C=O) groups excluding carboxylic acids is 1. The van der Waals surface area contributed by atoms with Gasteiger partial charge >= 0.3 is 0 Å². The van der Waals surface area contributed by atoms with Crippen molar-refractivity contribution in [2.75, 3.05) is 45.9 Å². The molecule has 4 rings (SSSR count). The SMILES string of the molecule is CC(=O)N1CCN(Cc2ccccc2OCCN2CCCC2)C[C@H]1c1ccccc1. The van der Waals surface area contributed by atoms with Gasteiger partial charge in [0.25, 0.3) is 0 Å². The van der Waals surface area contributed by atoms with Crippen LogP contribution in [0.4, 0.5) is 0 Å². The quantitative estimate of drug-likeness (QED) is 0.703. The molecule has 5 nitrogen and oxygen atoms in total. The van der Waals surface area contributed by atoms with E-state index in [9.17, 15) is 4.79 Å². The standard InChI is InChI=1S/C25H33N3O2/c1-21(29)28-16-15-27(20-24(28)22-9-3-2-4-10-22)19-23-11-5-6-12-25(23)30-18-17-26-13-7-8-14-26/h2-6,9-12,24H,7-8,13-20H2,1H3/t24-/m0/s1. The Morgan fingerprint density at radius 1 is 0.933 bits per heavy atom. The number of carbonyl (C=O) groups is 1. The minimum atomic E-state index is 0.0979. The number of hydrogen-bond acceptors (Lipinski definition) is 4. The van der Waals surface area contributed by atoms with E-state index in [0.29, 0.717) is 0 Å². The first kappa shape index (κ1) is 20.9. The molecule has 1 atom stereocenters. The van der Waals surface area contributed by atoms with E-state index in [1.807, 2.05) is 11.0 Å². The van der Waals surface area contributed by atoms with E-state index in [4.69, 9.17) is 4.74 Å². The third kappa shape index (κ3) is 5.21. The van der Waals surface area contributed by atoms with Crippen LogP contribution in [0.25, 0.3) is 0 Å². The molecule has 0 aliphatic carbocycles. The summed E-state index contributed by atoms with van der Waals surface area (Å²) >= 11 is 0. The molecule has 2 saturated heterocycles. The van der Waals surface area contributed by atoms with Crippen molar-refractivity contribution in [3.05, 3.63) is 65.7 Å². The molecule has 2 aliphatic heterocycles. The molecule has 0 saturated carbocycles. The molecule has 0 spiro atoms. The van der Waals surface area contributed by atoms with Gasteiger partial charge in [-0.05, 0) is 37.6 Å². The van der Waals surface area contributed by atoms with Crippen LogP contribution in [-0.2, 0) is 11.3 Å². The zero-order valence-electron chi connectivity index (χ0n) is 18.0. The second-order valence-electron chi connectivity index (χ2n) is 8.38. The molecule has 2 heterocycles. The highest BCUT2D eigenvalue weighted by molar-refractivity contribution is 5.74. The summed E-state index contributed by atoms with van der Waals surface area (Å²) in [6.07, 6.45) is 2.62. The van der Waals surface area contributed by atoms with Gasteiger partial charge in [-0.1, -0.05) is 48.5 Å². The van der Waals surface area contributed by atoms with E-state index in [2.05, 4.69) is 58.3 Å². The van der Waals surface area contributed by atoms with Crippen LogP contribution >= 0.6 is 0 Å².